The molecule has 1 unspecified atom stereocenters. The van der Waals surface area contributed by atoms with E-state index in [1.807, 2.05) is 27.7 Å². The van der Waals surface area contributed by atoms with E-state index >= 15 is 0 Å². The van der Waals surface area contributed by atoms with Crippen LogP contribution in [0.5, 0.6) is 0 Å². The molecule has 2 saturated heterocycles. The van der Waals surface area contributed by atoms with Gasteiger partial charge in [0.1, 0.15) is 5.82 Å². The number of hydrogen-bond donors (Lipinski definition) is 0. The van der Waals surface area contributed by atoms with Gasteiger partial charge in [-0.05, 0) is 45.7 Å². The molecule has 3 heterocycles. The molecular formula is C18H23BFN4O4-. The molecule has 0 bridgehead atoms. The summed E-state index contributed by atoms with van der Waals surface area (Å²) in [4.78, 5) is 5.34. The fourth-order valence-corrected chi connectivity index (χ4v) is 3.41. The Kier molecular flexibility index (Phi) is 4.79. The van der Waals surface area contributed by atoms with Crippen LogP contribution in [-0.2, 0) is 20.7 Å². The van der Waals surface area contributed by atoms with Gasteiger partial charge in [-0.2, -0.15) is 0 Å². The maximum atomic E-state index is 14.8. The first kappa shape index (κ1) is 19.5. The lowest BCUT2D eigenvalue weighted by Crippen LogP contribution is -2.41. The zero-order chi connectivity index (χ0) is 20.1. The van der Waals surface area contributed by atoms with E-state index in [-0.39, 0.29) is 6.10 Å². The van der Waals surface area contributed by atoms with Crippen LogP contribution in [-0.4, -0.2) is 44.6 Å². The van der Waals surface area contributed by atoms with Crippen molar-refractivity contribution < 1.29 is 18.5 Å². The first-order valence-corrected chi connectivity index (χ1v) is 9.28. The normalized spacial score (nSPS) is 26.9. The smallest absolute Gasteiger partial charge is 0.497 e. The van der Waals surface area contributed by atoms with Gasteiger partial charge in [-0.3, -0.25) is 5.23 Å². The minimum atomic E-state index is -0.790. The molecule has 1 aromatic carbocycles. The predicted molar refractivity (Wildman–Crippen MR) is 99.6 cm³/mol. The topological polar surface area (TPSA) is 84.7 Å². The van der Waals surface area contributed by atoms with E-state index in [1.165, 1.54) is 6.07 Å². The molecule has 10 heteroatoms. The van der Waals surface area contributed by atoms with Gasteiger partial charge in [0.25, 0.3) is 0 Å². The molecule has 150 valence electrons. The van der Waals surface area contributed by atoms with Gasteiger partial charge in [-0.1, -0.05) is 17.3 Å². The molecule has 2 aliphatic heterocycles. The van der Waals surface area contributed by atoms with Crippen LogP contribution in [0, 0.1) is 11.0 Å². The average Bonchev–Trinajstić information content (AvgIpc) is 3.27. The number of hydroxylamine groups is 2. The van der Waals surface area contributed by atoms with Crippen LogP contribution in [0.25, 0.3) is 0 Å². The van der Waals surface area contributed by atoms with Crippen molar-refractivity contribution in [2.24, 2.45) is 0 Å². The van der Waals surface area contributed by atoms with Gasteiger partial charge in [-0.15, -0.1) is 5.10 Å². The number of halogens is 1. The minimum absolute atomic E-state index is 0.318. The largest absolute Gasteiger partial charge is 0.762 e. The number of benzene rings is 1. The molecule has 2 aliphatic rings. The number of aromatic nitrogens is 3. The summed E-state index contributed by atoms with van der Waals surface area (Å²) >= 11 is 0. The van der Waals surface area contributed by atoms with Crippen LogP contribution >= 0.6 is 0 Å². The van der Waals surface area contributed by atoms with Crippen molar-refractivity contribution in [2.45, 2.75) is 64.0 Å². The summed E-state index contributed by atoms with van der Waals surface area (Å²) in [5.41, 5.74) is -0.239. The first-order chi connectivity index (χ1) is 13.2. The summed E-state index contributed by atoms with van der Waals surface area (Å²) in [5, 5.41) is 20.4. The second kappa shape index (κ2) is 6.89. The lowest BCUT2D eigenvalue weighted by atomic mass is 9.78. The molecule has 2 atom stereocenters. The molecule has 1 aromatic heterocycles. The van der Waals surface area contributed by atoms with Gasteiger partial charge >= 0.3 is 7.12 Å². The highest BCUT2D eigenvalue weighted by molar-refractivity contribution is 6.62. The summed E-state index contributed by atoms with van der Waals surface area (Å²) in [6.45, 7) is 8.07. The molecule has 2 fully saturated rings. The van der Waals surface area contributed by atoms with Gasteiger partial charge in [-0.25, -0.2) is 9.07 Å². The van der Waals surface area contributed by atoms with Crippen LogP contribution in [0.3, 0.4) is 0 Å². The maximum absolute atomic E-state index is 14.8. The van der Waals surface area contributed by atoms with Crippen molar-refractivity contribution in [3.63, 3.8) is 0 Å². The fourth-order valence-electron chi connectivity index (χ4n) is 3.41. The molecule has 2 aromatic rings. The highest BCUT2D eigenvalue weighted by atomic mass is 19.1. The monoisotopic (exact) mass is 389 g/mol. The van der Waals surface area contributed by atoms with Crippen molar-refractivity contribution in [2.75, 3.05) is 0 Å². The quantitative estimate of drug-likeness (QED) is 0.739. The van der Waals surface area contributed by atoms with E-state index < -0.39 is 30.2 Å². The molecule has 8 nitrogen and oxygen atoms in total. The van der Waals surface area contributed by atoms with Gasteiger partial charge in [0, 0.05) is 17.7 Å². The molecule has 0 amide bonds. The minimum Gasteiger partial charge on any atom is -0.762 e. The fraction of sp³-hybridized carbons (Fsp3) is 0.556. The van der Waals surface area contributed by atoms with Crippen LogP contribution in [0.4, 0.5) is 4.39 Å². The SMILES string of the molecule is CC1(C)OB(c2ccc(C3C[C@H](Cn4ccnn4)ON3[O-])cc2F)OC1(C)C. The van der Waals surface area contributed by atoms with Crippen molar-refractivity contribution >= 4 is 12.6 Å². The molecule has 0 N–H and O–H groups in total. The Labute approximate surface area is 163 Å². The summed E-state index contributed by atoms with van der Waals surface area (Å²) < 4.78 is 28.3. The molecule has 0 aliphatic carbocycles. The third kappa shape index (κ3) is 3.46. The molecule has 0 radical (unpaired) electrons. The Bertz CT molecular complexity index is 832. The van der Waals surface area contributed by atoms with E-state index in [4.69, 9.17) is 14.1 Å². The molecule has 28 heavy (non-hydrogen) atoms. The van der Waals surface area contributed by atoms with Gasteiger partial charge < -0.3 is 19.4 Å². The average molecular weight is 389 g/mol. The number of nitrogens with zero attached hydrogens (tertiary/aromatic N) is 4. The summed E-state index contributed by atoms with van der Waals surface area (Å²) in [7, 11) is -0.790. The molecule has 4 rings (SSSR count). The second-order valence-corrected chi connectivity index (χ2v) is 8.26. The Hall–Kier alpha value is -1.85. The van der Waals surface area contributed by atoms with Crippen LogP contribution < -0.4 is 5.46 Å². The number of rotatable bonds is 4. The van der Waals surface area contributed by atoms with E-state index in [2.05, 4.69) is 10.3 Å². The Morgan fingerprint density at radius 2 is 1.96 bits per heavy atom. The van der Waals surface area contributed by atoms with Crippen molar-refractivity contribution in [3.8, 4) is 0 Å². The molecule has 0 spiro atoms. The van der Waals surface area contributed by atoms with Gasteiger partial charge in [0.05, 0.1) is 30.0 Å². The van der Waals surface area contributed by atoms with Crippen molar-refractivity contribution in [1.29, 1.82) is 0 Å². The summed E-state index contributed by atoms with van der Waals surface area (Å²) in [6, 6.07) is 4.11. The third-order valence-corrected chi connectivity index (χ3v) is 5.77. The van der Waals surface area contributed by atoms with Crippen molar-refractivity contribution in [1.82, 2.24) is 20.2 Å². The van der Waals surface area contributed by atoms with Crippen LogP contribution in [0.15, 0.2) is 30.6 Å². The Balaban J connectivity index is 1.49. The third-order valence-electron chi connectivity index (χ3n) is 5.77. The zero-order valence-electron chi connectivity index (χ0n) is 16.3. The van der Waals surface area contributed by atoms with Crippen molar-refractivity contribution in [3.05, 3.63) is 47.2 Å². The highest BCUT2D eigenvalue weighted by Gasteiger charge is 2.52. The van der Waals surface area contributed by atoms with E-state index in [9.17, 15) is 9.60 Å². The zero-order valence-corrected chi connectivity index (χ0v) is 16.3. The van der Waals surface area contributed by atoms with Crippen LogP contribution in [0.1, 0.15) is 45.7 Å². The lowest BCUT2D eigenvalue weighted by Gasteiger charge is -2.32. The standard InChI is InChI=1S/C18H23BFN4O4/c1-17(2)18(3,4)28-19(27-17)14-6-5-12(9-15(14)20)16-10-13(26-24(16)25)11-23-8-7-21-22-23/h5-9,13,16H,10-11H2,1-4H3/q-1/t13-,16?/m1/s1. The summed E-state index contributed by atoms with van der Waals surface area (Å²) in [5.74, 6) is -0.468. The van der Waals surface area contributed by atoms with Gasteiger partial charge in [0.2, 0.25) is 0 Å². The molecule has 0 saturated carbocycles. The van der Waals surface area contributed by atoms with E-state index in [0.717, 1.165) is 0 Å². The molecular weight excluding hydrogens is 366 g/mol. The number of hydrogen-bond acceptors (Lipinski definition) is 7. The van der Waals surface area contributed by atoms with Crippen LogP contribution in [0.2, 0.25) is 0 Å². The van der Waals surface area contributed by atoms with E-state index in [1.54, 1.807) is 29.2 Å². The highest BCUT2D eigenvalue weighted by Crippen LogP contribution is 2.37. The summed E-state index contributed by atoms with van der Waals surface area (Å²) in [6.07, 6.45) is 3.34. The maximum Gasteiger partial charge on any atom is 0.497 e. The van der Waals surface area contributed by atoms with Gasteiger partial charge in [0.15, 0.2) is 0 Å². The first-order valence-electron chi connectivity index (χ1n) is 9.28. The Morgan fingerprint density at radius 3 is 2.57 bits per heavy atom. The Morgan fingerprint density at radius 1 is 1.25 bits per heavy atom. The predicted octanol–water partition coefficient (Wildman–Crippen LogP) is 1.96. The second-order valence-electron chi connectivity index (χ2n) is 8.26. The lowest BCUT2D eigenvalue weighted by molar-refractivity contribution is -0.129. The van der Waals surface area contributed by atoms with E-state index in [0.29, 0.717) is 29.2 Å².